The lowest BCUT2D eigenvalue weighted by atomic mass is 9.66. The van der Waals surface area contributed by atoms with Crippen LogP contribution in [0.3, 0.4) is 0 Å². The largest absolute Gasteiger partial charge is 0.310 e. The van der Waals surface area contributed by atoms with Gasteiger partial charge in [-0.25, -0.2) is 0 Å². The molecule has 1 atom stereocenters. The van der Waals surface area contributed by atoms with Gasteiger partial charge in [0.05, 0.1) is 16.4 Å². The third-order valence-corrected chi connectivity index (χ3v) is 16.3. The second kappa shape index (κ2) is 15.1. The van der Waals surface area contributed by atoms with E-state index in [4.69, 9.17) is 0 Å². The van der Waals surface area contributed by atoms with Crippen LogP contribution in [-0.2, 0) is 5.41 Å². The monoisotopic (exact) mass is 906 g/mol. The molecule has 13 aromatic rings. The molecule has 0 fully saturated rings. The summed E-state index contributed by atoms with van der Waals surface area (Å²) in [6, 6.07) is 95.1. The molecule has 2 aromatic heterocycles. The van der Waals surface area contributed by atoms with E-state index in [1.54, 1.807) is 0 Å². The molecular formula is C67H42N2S. The van der Waals surface area contributed by atoms with Gasteiger partial charge in [-0.15, -0.1) is 11.3 Å². The van der Waals surface area contributed by atoms with Crippen molar-refractivity contribution in [3.8, 4) is 50.2 Å². The molecule has 2 aliphatic carbocycles. The lowest BCUT2D eigenvalue weighted by Gasteiger charge is -2.36. The Kier molecular flexibility index (Phi) is 8.48. The minimum atomic E-state index is -0.604. The lowest BCUT2D eigenvalue weighted by Crippen LogP contribution is -2.29. The maximum absolute atomic E-state index is 2.49. The van der Waals surface area contributed by atoms with E-state index in [9.17, 15) is 0 Å². The molecule has 1 spiro atoms. The summed E-state index contributed by atoms with van der Waals surface area (Å²) in [5.41, 5.74) is 21.5. The van der Waals surface area contributed by atoms with Crippen LogP contribution in [0.15, 0.2) is 255 Å². The average molecular weight is 907 g/mol. The molecule has 0 N–H and O–H groups in total. The molecule has 0 aliphatic heterocycles. The predicted octanol–water partition coefficient (Wildman–Crippen LogP) is 18.3. The van der Waals surface area contributed by atoms with Crippen LogP contribution in [0.2, 0.25) is 0 Å². The van der Waals surface area contributed by atoms with E-state index in [0.29, 0.717) is 0 Å². The molecule has 326 valence electrons. The highest BCUT2D eigenvalue weighted by atomic mass is 32.1. The zero-order valence-electron chi connectivity index (χ0n) is 38.1. The molecule has 0 amide bonds. The molecular weight excluding hydrogens is 865 g/mol. The zero-order valence-corrected chi connectivity index (χ0v) is 38.9. The van der Waals surface area contributed by atoms with Gasteiger partial charge in [0.1, 0.15) is 0 Å². The summed E-state index contributed by atoms with van der Waals surface area (Å²) in [5, 5.41) is 5.12. The minimum absolute atomic E-state index is 0.604. The van der Waals surface area contributed by atoms with E-state index >= 15 is 0 Å². The SMILES string of the molecule is c1ccc(-c2ccc(N(c3ccc4c(c3)-c3ccccc3-c3ccccc3C43c4ccccc4-c4c3ccc3sc5ccccc5c43)c3ccc4c(c3)c3ccccc3n4-c3ccccc3)cc2)cc1. The normalized spacial score (nSPS) is 14.3. The quantitative estimate of drug-likeness (QED) is 0.167. The molecule has 0 bridgehead atoms. The smallest absolute Gasteiger partial charge is 0.0725 e. The summed E-state index contributed by atoms with van der Waals surface area (Å²) in [7, 11) is 0. The summed E-state index contributed by atoms with van der Waals surface area (Å²) >= 11 is 1.90. The molecule has 11 aromatic carbocycles. The number of hydrogen-bond acceptors (Lipinski definition) is 2. The van der Waals surface area contributed by atoms with Crippen molar-refractivity contribution in [3.63, 3.8) is 0 Å². The molecule has 15 rings (SSSR count). The molecule has 0 saturated heterocycles. The molecule has 2 heterocycles. The fourth-order valence-corrected chi connectivity index (χ4v) is 13.5. The van der Waals surface area contributed by atoms with Crippen molar-refractivity contribution in [3.05, 3.63) is 277 Å². The topological polar surface area (TPSA) is 8.17 Å². The minimum Gasteiger partial charge on any atom is -0.310 e. The Morgan fingerprint density at radius 2 is 0.871 bits per heavy atom. The van der Waals surface area contributed by atoms with Crippen molar-refractivity contribution in [1.82, 2.24) is 4.57 Å². The Morgan fingerprint density at radius 3 is 1.67 bits per heavy atom. The van der Waals surface area contributed by atoms with Crippen LogP contribution in [-0.4, -0.2) is 4.57 Å². The Bertz CT molecular complexity index is 4240. The molecule has 0 radical (unpaired) electrons. The highest BCUT2D eigenvalue weighted by Gasteiger charge is 2.50. The Hall–Kier alpha value is -8.76. The van der Waals surface area contributed by atoms with Gasteiger partial charge < -0.3 is 9.47 Å². The van der Waals surface area contributed by atoms with E-state index in [-0.39, 0.29) is 0 Å². The zero-order chi connectivity index (χ0) is 45.9. The van der Waals surface area contributed by atoms with E-state index in [1.165, 1.54) is 109 Å². The van der Waals surface area contributed by atoms with Crippen LogP contribution >= 0.6 is 11.3 Å². The van der Waals surface area contributed by atoms with Crippen molar-refractivity contribution in [2.24, 2.45) is 0 Å². The van der Waals surface area contributed by atoms with E-state index in [1.807, 2.05) is 11.3 Å². The van der Waals surface area contributed by atoms with Crippen LogP contribution < -0.4 is 4.90 Å². The second-order valence-electron chi connectivity index (χ2n) is 18.7. The molecule has 3 heteroatoms. The number of fused-ring (bicyclic) bond motifs is 19. The van der Waals surface area contributed by atoms with Gasteiger partial charge in [-0.3, -0.25) is 0 Å². The Morgan fingerprint density at radius 1 is 0.329 bits per heavy atom. The van der Waals surface area contributed by atoms with Crippen LogP contribution in [0.25, 0.3) is 92.2 Å². The summed E-state index contributed by atoms with van der Waals surface area (Å²) in [6.07, 6.45) is 0. The van der Waals surface area contributed by atoms with Crippen molar-refractivity contribution >= 4 is 70.4 Å². The van der Waals surface area contributed by atoms with Gasteiger partial charge in [0, 0.05) is 53.7 Å². The van der Waals surface area contributed by atoms with Gasteiger partial charge in [0.2, 0.25) is 0 Å². The molecule has 2 nitrogen and oxygen atoms in total. The number of thiophene rings is 1. The van der Waals surface area contributed by atoms with Gasteiger partial charge in [0.25, 0.3) is 0 Å². The third-order valence-electron chi connectivity index (χ3n) is 15.2. The van der Waals surface area contributed by atoms with Crippen LogP contribution in [0, 0.1) is 0 Å². The maximum Gasteiger partial charge on any atom is 0.0725 e. The first kappa shape index (κ1) is 39.3. The first-order chi connectivity index (χ1) is 34.7. The number of anilines is 3. The number of para-hydroxylation sites is 2. The summed E-state index contributed by atoms with van der Waals surface area (Å²) in [5.74, 6) is 0. The van der Waals surface area contributed by atoms with Crippen molar-refractivity contribution < 1.29 is 0 Å². The summed E-state index contributed by atoms with van der Waals surface area (Å²) < 4.78 is 5.04. The fourth-order valence-electron chi connectivity index (χ4n) is 12.4. The number of rotatable bonds is 5. The average Bonchev–Trinajstić information content (AvgIpc) is 4.05. The van der Waals surface area contributed by atoms with Gasteiger partial charge in [0.15, 0.2) is 0 Å². The lowest BCUT2D eigenvalue weighted by molar-refractivity contribution is 0.776. The van der Waals surface area contributed by atoms with E-state index < -0.39 is 5.41 Å². The van der Waals surface area contributed by atoms with Crippen LogP contribution in [0.5, 0.6) is 0 Å². The van der Waals surface area contributed by atoms with Crippen LogP contribution in [0.1, 0.15) is 22.3 Å². The first-order valence-electron chi connectivity index (χ1n) is 24.2. The molecule has 1 unspecified atom stereocenters. The van der Waals surface area contributed by atoms with Crippen molar-refractivity contribution in [2.75, 3.05) is 4.90 Å². The molecule has 0 saturated carbocycles. The number of nitrogens with zero attached hydrogens (tertiary/aromatic N) is 2. The third kappa shape index (κ3) is 5.49. The Labute approximate surface area is 410 Å². The highest BCUT2D eigenvalue weighted by Crippen LogP contribution is 2.64. The highest BCUT2D eigenvalue weighted by molar-refractivity contribution is 7.26. The summed E-state index contributed by atoms with van der Waals surface area (Å²) in [6.45, 7) is 0. The van der Waals surface area contributed by atoms with Gasteiger partial charge >= 0.3 is 0 Å². The second-order valence-corrected chi connectivity index (χ2v) is 19.8. The fraction of sp³-hybridized carbons (Fsp3) is 0.0149. The van der Waals surface area contributed by atoms with Crippen LogP contribution in [0.4, 0.5) is 17.1 Å². The van der Waals surface area contributed by atoms with Crippen molar-refractivity contribution in [2.45, 2.75) is 5.41 Å². The first-order valence-corrected chi connectivity index (χ1v) is 25.0. The Balaban J connectivity index is 1.02. The van der Waals surface area contributed by atoms with Crippen molar-refractivity contribution in [1.29, 1.82) is 0 Å². The number of aromatic nitrogens is 1. The van der Waals surface area contributed by atoms with E-state index in [2.05, 4.69) is 264 Å². The number of benzene rings is 11. The molecule has 2 aliphatic rings. The maximum atomic E-state index is 2.49. The van der Waals surface area contributed by atoms with Gasteiger partial charge in [-0.1, -0.05) is 182 Å². The predicted molar refractivity (Wildman–Crippen MR) is 296 cm³/mol. The van der Waals surface area contributed by atoms with E-state index in [0.717, 1.165) is 22.7 Å². The summed E-state index contributed by atoms with van der Waals surface area (Å²) in [4.78, 5) is 2.47. The van der Waals surface area contributed by atoms with Gasteiger partial charge in [-0.05, 0) is 140 Å². The van der Waals surface area contributed by atoms with Gasteiger partial charge in [-0.2, -0.15) is 0 Å². The molecule has 70 heavy (non-hydrogen) atoms. The number of hydrogen-bond donors (Lipinski definition) is 0. The standard InChI is InChI=1S/C67H42N2S/c1-3-17-43(18-4-1)44-31-33-46(34-32-44)68(48-36-39-62-56(42-48)52-24-11-15-29-61(52)69(62)45-19-5-2-6-20-45)47-35-37-59-55(41-47)50-22-8-7-21-49(50)51-23-9-13-27-57(51)67(59)58-28-14-10-25-53(58)65-60(67)38-40-64-66(65)54-26-12-16-30-63(54)70-64/h1-42H.